The number of ether oxygens (including phenoxy) is 2. The van der Waals surface area contributed by atoms with Crippen molar-refractivity contribution in [2.24, 2.45) is 5.10 Å². The summed E-state index contributed by atoms with van der Waals surface area (Å²) in [5.41, 5.74) is 4.32. The normalized spacial score (nSPS) is 17.2. The molecule has 0 saturated heterocycles. The fraction of sp³-hybridized carbons (Fsp3) is 0.156. The van der Waals surface area contributed by atoms with Crippen molar-refractivity contribution in [3.05, 3.63) is 131 Å². The summed E-state index contributed by atoms with van der Waals surface area (Å²) in [6, 6.07) is 27.6. The van der Waals surface area contributed by atoms with Gasteiger partial charge in [-0.3, -0.25) is 9.59 Å². The zero-order valence-electron chi connectivity index (χ0n) is 21.7. The molecule has 6 rings (SSSR count). The molecule has 1 amide bonds. The molecule has 200 valence electrons. The van der Waals surface area contributed by atoms with Crippen molar-refractivity contribution < 1.29 is 23.5 Å². The van der Waals surface area contributed by atoms with E-state index in [1.807, 2.05) is 60.7 Å². The number of methoxy groups -OCH3 is 1. The van der Waals surface area contributed by atoms with Gasteiger partial charge >= 0.3 is 0 Å². The number of carbonyl (C=O) groups is 2. The van der Waals surface area contributed by atoms with Crippen molar-refractivity contribution in [2.75, 3.05) is 7.11 Å². The standard InChI is InChI=1S/C32H26FN3O4/c1-39-28-8-4-2-6-23(28)19-34-31(38)22-12-10-20(11-13-22)26-18-27-25-7-3-5-9-29(25)40-32(36(27)35-26)30(37)21-14-16-24(33)17-15-21/h2-17,27,32H,18-19H2,1H3,(H,34,38). The highest BCUT2D eigenvalue weighted by Gasteiger charge is 2.43. The molecule has 0 aliphatic carbocycles. The Labute approximate surface area is 230 Å². The van der Waals surface area contributed by atoms with Gasteiger partial charge in [-0.05, 0) is 54.1 Å². The Bertz CT molecular complexity index is 1600. The molecule has 0 fully saturated rings. The Kier molecular flexibility index (Phi) is 6.74. The third-order valence-corrected chi connectivity index (χ3v) is 7.16. The van der Waals surface area contributed by atoms with Crippen molar-refractivity contribution in [1.82, 2.24) is 10.3 Å². The van der Waals surface area contributed by atoms with E-state index in [-0.39, 0.29) is 17.7 Å². The maximum atomic E-state index is 13.5. The Morgan fingerprint density at radius 1 is 0.950 bits per heavy atom. The van der Waals surface area contributed by atoms with Crippen LogP contribution in [0.1, 0.15) is 49.9 Å². The highest BCUT2D eigenvalue weighted by molar-refractivity contribution is 6.04. The van der Waals surface area contributed by atoms with E-state index in [0.29, 0.717) is 29.8 Å². The number of amides is 1. The monoisotopic (exact) mass is 535 g/mol. The van der Waals surface area contributed by atoms with Gasteiger partial charge in [-0.1, -0.05) is 48.5 Å². The van der Waals surface area contributed by atoms with E-state index in [2.05, 4.69) is 5.32 Å². The predicted molar refractivity (Wildman–Crippen MR) is 148 cm³/mol. The summed E-state index contributed by atoms with van der Waals surface area (Å²) in [6.07, 6.45) is -0.421. The third kappa shape index (κ3) is 4.80. The van der Waals surface area contributed by atoms with E-state index in [1.165, 1.54) is 24.3 Å². The number of hydrogen-bond acceptors (Lipinski definition) is 6. The Morgan fingerprint density at radius 2 is 1.65 bits per heavy atom. The number of halogens is 1. The van der Waals surface area contributed by atoms with Crippen LogP contribution in [-0.4, -0.2) is 35.7 Å². The molecule has 8 heteroatoms. The second-order valence-corrected chi connectivity index (χ2v) is 9.60. The molecule has 0 aromatic heterocycles. The minimum Gasteiger partial charge on any atom is -0.496 e. The van der Waals surface area contributed by atoms with Crippen LogP contribution < -0.4 is 14.8 Å². The number of Topliss-reactive ketones (excluding diaryl/α,β-unsaturated/α-hetero) is 1. The van der Waals surface area contributed by atoms with Gasteiger partial charge in [0.25, 0.3) is 12.1 Å². The number of fused-ring (bicyclic) bond motifs is 3. The number of para-hydroxylation sites is 2. The Hall–Kier alpha value is -4.98. The lowest BCUT2D eigenvalue weighted by Gasteiger charge is -2.37. The molecule has 40 heavy (non-hydrogen) atoms. The quantitative estimate of drug-likeness (QED) is 0.316. The van der Waals surface area contributed by atoms with Gasteiger partial charge in [0, 0.05) is 35.2 Å². The van der Waals surface area contributed by atoms with Crippen molar-refractivity contribution in [1.29, 1.82) is 0 Å². The second kappa shape index (κ2) is 10.6. The smallest absolute Gasteiger partial charge is 0.251 e. The maximum absolute atomic E-state index is 13.5. The average Bonchev–Trinajstić information content (AvgIpc) is 3.46. The third-order valence-electron chi connectivity index (χ3n) is 7.16. The first-order valence-electron chi connectivity index (χ1n) is 12.9. The summed E-state index contributed by atoms with van der Waals surface area (Å²) in [4.78, 5) is 26.2. The van der Waals surface area contributed by atoms with Crippen LogP contribution in [-0.2, 0) is 6.54 Å². The Balaban J connectivity index is 1.22. The summed E-state index contributed by atoms with van der Waals surface area (Å²) in [7, 11) is 1.60. The molecule has 2 heterocycles. The first-order valence-corrected chi connectivity index (χ1v) is 12.9. The van der Waals surface area contributed by atoms with Crippen LogP contribution in [0.15, 0.2) is 102 Å². The van der Waals surface area contributed by atoms with Crippen LogP contribution in [0.4, 0.5) is 4.39 Å². The lowest BCUT2D eigenvalue weighted by molar-refractivity contribution is -0.00456. The summed E-state index contributed by atoms with van der Waals surface area (Å²) >= 11 is 0. The van der Waals surface area contributed by atoms with Crippen LogP contribution in [0, 0.1) is 5.82 Å². The average molecular weight is 536 g/mol. The SMILES string of the molecule is COc1ccccc1CNC(=O)c1ccc(C2=NN3C(C(=O)c4ccc(F)cc4)Oc4ccccc4C3C2)cc1. The predicted octanol–water partition coefficient (Wildman–Crippen LogP) is 5.52. The second-order valence-electron chi connectivity index (χ2n) is 9.60. The van der Waals surface area contributed by atoms with Crippen LogP contribution in [0.5, 0.6) is 11.5 Å². The molecule has 2 atom stereocenters. The van der Waals surface area contributed by atoms with E-state index in [4.69, 9.17) is 14.6 Å². The summed E-state index contributed by atoms with van der Waals surface area (Å²) < 4.78 is 24.9. The summed E-state index contributed by atoms with van der Waals surface area (Å²) in [5, 5.41) is 9.43. The highest BCUT2D eigenvalue weighted by atomic mass is 19.1. The molecule has 1 N–H and O–H groups in total. The molecule has 0 spiro atoms. The lowest BCUT2D eigenvalue weighted by Crippen LogP contribution is -2.45. The molecule has 4 aromatic rings. The van der Waals surface area contributed by atoms with Gasteiger partial charge < -0.3 is 14.8 Å². The number of rotatable bonds is 7. The number of ketones is 1. The minimum atomic E-state index is -0.983. The van der Waals surface area contributed by atoms with Gasteiger partial charge in [0.2, 0.25) is 5.78 Å². The van der Waals surface area contributed by atoms with E-state index < -0.39 is 12.0 Å². The summed E-state index contributed by atoms with van der Waals surface area (Å²) in [5.74, 6) is 0.433. The van der Waals surface area contributed by atoms with Crippen molar-refractivity contribution in [3.63, 3.8) is 0 Å². The first kappa shape index (κ1) is 25.3. The van der Waals surface area contributed by atoms with Gasteiger partial charge in [-0.25, -0.2) is 9.40 Å². The Morgan fingerprint density at radius 3 is 2.42 bits per heavy atom. The molecular weight excluding hydrogens is 509 g/mol. The molecule has 2 unspecified atom stereocenters. The zero-order chi connectivity index (χ0) is 27.6. The van der Waals surface area contributed by atoms with Crippen molar-refractivity contribution in [2.45, 2.75) is 25.2 Å². The maximum Gasteiger partial charge on any atom is 0.251 e. The molecular formula is C32H26FN3O4. The largest absolute Gasteiger partial charge is 0.496 e. The van der Waals surface area contributed by atoms with Crippen molar-refractivity contribution >= 4 is 17.4 Å². The molecule has 0 radical (unpaired) electrons. The highest BCUT2D eigenvalue weighted by Crippen LogP contribution is 2.43. The number of nitrogens with one attached hydrogen (secondary N) is 1. The zero-order valence-corrected chi connectivity index (χ0v) is 21.7. The minimum absolute atomic E-state index is 0.196. The molecule has 2 aliphatic rings. The van der Waals surface area contributed by atoms with Crippen molar-refractivity contribution in [3.8, 4) is 11.5 Å². The number of carbonyl (C=O) groups excluding carboxylic acids is 2. The molecule has 0 saturated carbocycles. The van der Waals surface area contributed by atoms with E-state index >= 15 is 0 Å². The van der Waals surface area contributed by atoms with Crippen LogP contribution in [0.2, 0.25) is 0 Å². The first-order chi connectivity index (χ1) is 19.5. The van der Waals surface area contributed by atoms with Gasteiger partial charge in [0.15, 0.2) is 0 Å². The fourth-order valence-electron chi connectivity index (χ4n) is 5.08. The fourth-order valence-corrected chi connectivity index (χ4v) is 5.08. The van der Waals surface area contributed by atoms with Crippen LogP contribution in [0.3, 0.4) is 0 Å². The molecule has 4 aromatic carbocycles. The topological polar surface area (TPSA) is 80.2 Å². The van der Waals surface area contributed by atoms with E-state index in [9.17, 15) is 14.0 Å². The van der Waals surface area contributed by atoms with Gasteiger partial charge in [-0.15, -0.1) is 0 Å². The molecule has 7 nitrogen and oxygen atoms in total. The number of nitrogens with zero attached hydrogens (tertiary/aromatic N) is 2. The number of hydrazone groups is 1. The van der Waals surface area contributed by atoms with Gasteiger partial charge in [-0.2, -0.15) is 5.10 Å². The van der Waals surface area contributed by atoms with E-state index in [0.717, 1.165) is 28.2 Å². The van der Waals surface area contributed by atoms with Crippen LogP contribution >= 0.6 is 0 Å². The molecule has 0 bridgehead atoms. The summed E-state index contributed by atoms with van der Waals surface area (Å²) in [6.45, 7) is 0.344. The molecule has 2 aliphatic heterocycles. The number of benzene rings is 4. The van der Waals surface area contributed by atoms with Gasteiger partial charge in [0.1, 0.15) is 17.3 Å². The van der Waals surface area contributed by atoms with E-state index in [1.54, 1.807) is 24.3 Å². The lowest BCUT2D eigenvalue weighted by atomic mass is 9.95. The van der Waals surface area contributed by atoms with Gasteiger partial charge in [0.05, 0.1) is 18.9 Å². The number of hydrogen-bond donors (Lipinski definition) is 1. The van der Waals surface area contributed by atoms with Crippen LogP contribution in [0.25, 0.3) is 0 Å².